The Morgan fingerprint density at radius 2 is 2.12 bits per heavy atom. The Bertz CT molecular complexity index is 728. The number of aromatic nitrogens is 2. The number of nitrogens with one attached hydrogen (secondary N) is 1. The van der Waals surface area contributed by atoms with Gasteiger partial charge in [-0.1, -0.05) is 30.3 Å². The Balaban J connectivity index is 1.74. The van der Waals surface area contributed by atoms with Gasteiger partial charge in [0, 0.05) is 26.1 Å². The highest BCUT2D eigenvalue weighted by Gasteiger charge is 2.34. The standard InChI is InChI=1S/C17H19N3O4/c1-24-15(11-5-3-2-4-6-11)16(21)20-8-7-12(10-20)14-13(17(22)23)9-18-19-14/h2-6,9,12,15H,7-8,10H2,1H3,(H,18,19)(H,22,23)/t12?,15-/m1/s1. The van der Waals surface area contributed by atoms with Crippen molar-refractivity contribution in [3.8, 4) is 0 Å². The van der Waals surface area contributed by atoms with E-state index in [2.05, 4.69) is 10.2 Å². The molecule has 1 amide bonds. The second-order valence-electron chi connectivity index (χ2n) is 5.80. The second kappa shape index (κ2) is 6.84. The average molecular weight is 329 g/mol. The number of amides is 1. The van der Waals surface area contributed by atoms with Crippen LogP contribution in [0, 0.1) is 0 Å². The third-order valence-electron chi connectivity index (χ3n) is 4.37. The van der Waals surface area contributed by atoms with Crippen molar-refractivity contribution in [2.75, 3.05) is 20.2 Å². The SMILES string of the molecule is CO[C@@H](C(=O)N1CCC(c2[nH]ncc2C(=O)O)C1)c1ccccc1. The summed E-state index contributed by atoms with van der Waals surface area (Å²) in [6.07, 6.45) is 1.36. The van der Waals surface area contributed by atoms with Crippen LogP contribution in [0.4, 0.5) is 0 Å². The Morgan fingerprint density at radius 1 is 1.38 bits per heavy atom. The lowest BCUT2D eigenvalue weighted by Crippen LogP contribution is -2.34. The van der Waals surface area contributed by atoms with Crippen LogP contribution in [-0.2, 0) is 9.53 Å². The zero-order valence-electron chi connectivity index (χ0n) is 13.3. The molecule has 1 aromatic heterocycles. The molecule has 2 aromatic rings. The van der Waals surface area contributed by atoms with Crippen molar-refractivity contribution in [3.05, 3.63) is 53.3 Å². The Hall–Kier alpha value is -2.67. The van der Waals surface area contributed by atoms with Crippen molar-refractivity contribution < 1.29 is 19.4 Å². The summed E-state index contributed by atoms with van der Waals surface area (Å²) < 4.78 is 5.39. The van der Waals surface area contributed by atoms with Gasteiger partial charge in [0.2, 0.25) is 0 Å². The number of carboxylic acids is 1. The van der Waals surface area contributed by atoms with E-state index >= 15 is 0 Å². The predicted octanol–water partition coefficient (Wildman–Crippen LogP) is 1.81. The lowest BCUT2D eigenvalue weighted by atomic mass is 10.0. The number of aromatic carboxylic acids is 1. The van der Waals surface area contributed by atoms with E-state index in [9.17, 15) is 14.7 Å². The molecule has 24 heavy (non-hydrogen) atoms. The summed E-state index contributed by atoms with van der Waals surface area (Å²) in [4.78, 5) is 25.7. The van der Waals surface area contributed by atoms with Crippen LogP contribution < -0.4 is 0 Å². The maximum absolute atomic E-state index is 12.8. The van der Waals surface area contributed by atoms with Crippen molar-refractivity contribution >= 4 is 11.9 Å². The van der Waals surface area contributed by atoms with Gasteiger partial charge in [0.05, 0.1) is 11.9 Å². The van der Waals surface area contributed by atoms with Crippen LogP contribution in [0.2, 0.25) is 0 Å². The number of aromatic amines is 1. The van der Waals surface area contributed by atoms with Crippen LogP contribution in [0.1, 0.15) is 40.1 Å². The first-order valence-corrected chi connectivity index (χ1v) is 7.75. The zero-order valence-corrected chi connectivity index (χ0v) is 13.3. The number of H-pyrrole nitrogens is 1. The van der Waals surface area contributed by atoms with Crippen molar-refractivity contribution in [2.24, 2.45) is 0 Å². The number of hydrogen-bond donors (Lipinski definition) is 2. The minimum Gasteiger partial charge on any atom is -0.478 e. The molecule has 0 aliphatic carbocycles. The van der Waals surface area contributed by atoms with E-state index in [1.165, 1.54) is 13.3 Å². The van der Waals surface area contributed by atoms with E-state index in [-0.39, 0.29) is 17.4 Å². The molecule has 2 atom stereocenters. The van der Waals surface area contributed by atoms with Gasteiger partial charge in [0.25, 0.3) is 5.91 Å². The van der Waals surface area contributed by atoms with Gasteiger partial charge in [-0.15, -0.1) is 0 Å². The Morgan fingerprint density at radius 3 is 2.79 bits per heavy atom. The van der Waals surface area contributed by atoms with Crippen LogP contribution in [0.5, 0.6) is 0 Å². The maximum Gasteiger partial charge on any atom is 0.339 e. The predicted molar refractivity (Wildman–Crippen MR) is 85.7 cm³/mol. The van der Waals surface area contributed by atoms with Crippen LogP contribution >= 0.6 is 0 Å². The van der Waals surface area contributed by atoms with E-state index in [0.29, 0.717) is 25.2 Å². The first kappa shape index (κ1) is 16.2. The molecule has 1 aromatic carbocycles. The second-order valence-corrected chi connectivity index (χ2v) is 5.80. The number of carboxylic acid groups (broad SMARTS) is 1. The maximum atomic E-state index is 12.8. The van der Waals surface area contributed by atoms with Gasteiger partial charge < -0.3 is 14.7 Å². The average Bonchev–Trinajstić information content (AvgIpc) is 3.25. The molecular formula is C17H19N3O4. The molecule has 0 bridgehead atoms. The smallest absolute Gasteiger partial charge is 0.339 e. The number of nitrogens with zero attached hydrogens (tertiary/aromatic N) is 2. The number of methoxy groups -OCH3 is 1. The summed E-state index contributed by atoms with van der Waals surface area (Å²) in [5.74, 6) is -1.18. The van der Waals surface area contributed by atoms with E-state index < -0.39 is 12.1 Å². The van der Waals surface area contributed by atoms with E-state index in [0.717, 1.165) is 5.56 Å². The molecule has 1 unspecified atom stereocenters. The Kier molecular flexibility index (Phi) is 4.61. The van der Waals surface area contributed by atoms with Crippen LogP contribution in [0.3, 0.4) is 0 Å². The van der Waals surface area contributed by atoms with E-state index in [1.807, 2.05) is 30.3 Å². The molecule has 1 aliphatic rings. The number of carbonyl (C=O) groups is 2. The number of ether oxygens (including phenoxy) is 1. The number of likely N-dealkylation sites (tertiary alicyclic amines) is 1. The summed E-state index contributed by atoms with van der Waals surface area (Å²) in [6, 6.07) is 9.34. The largest absolute Gasteiger partial charge is 0.478 e. The molecule has 1 aliphatic heterocycles. The summed E-state index contributed by atoms with van der Waals surface area (Å²) in [5.41, 5.74) is 1.55. The first-order chi connectivity index (χ1) is 11.6. The number of rotatable bonds is 5. The Labute approximate surface area is 139 Å². The molecule has 1 saturated heterocycles. The molecule has 1 fully saturated rings. The molecule has 126 valence electrons. The third-order valence-corrected chi connectivity index (χ3v) is 4.37. The molecule has 7 nitrogen and oxygen atoms in total. The van der Waals surface area contributed by atoms with Crippen molar-refractivity contribution in [3.63, 3.8) is 0 Å². The number of hydrogen-bond acceptors (Lipinski definition) is 4. The first-order valence-electron chi connectivity index (χ1n) is 7.75. The normalized spacial score (nSPS) is 18.5. The summed E-state index contributed by atoms with van der Waals surface area (Å²) in [5, 5.41) is 15.8. The van der Waals surface area contributed by atoms with Gasteiger partial charge in [0.15, 0.2) is 6.10 Å². The van der Waals surface area contributed by atoms with Gasteiger partial charge in [-0.3, -0.25) is 9.89 Å². The molecule has 0 radical (unpaired) electrons. The van der Waals surface area contributed by atoms with Crippen LogP contribution in [0.15, 0.2) is 36.5 Å². The summed E-state index contributed by atoms with van der Waals surface area (Å²) in [7, 11) is 1.51. The molecule has 3 rings (SSSR count). The van der Waals surface area contributed by atoms with E-state index in [1.54, 1.807) is 4.90 Å². The minimum atomic E-state index is -1.01. The quantitative estimate of drug-likeness (QED) is 0.872. The van der Waals surface area contributed by atoms with Crippen molar-refractivity contribution in [2.45, 2.75) is 18.4 Å². The van der Waals surface area contributed by atoms with Crippen molar-refractivity contribution in [1.29, 1.82) is 0 Å². The highest BCUT2D eigenvalue weighted by molar-refractivity contribution is 5.89. The number of carbonyl (C=O) groups excluding carboxylic acids is 1. The van der Waals surface area contributed by atoms with Gasteiger partial charge >= 0.3 is 5.97 Å². The van der Waals surface area contributed by atoms with Crippen LogP contribution in [0.25, 0.3) is 0 Å². The molecule has 2 N–H and O–H groups in total. The molecular weight excluding hydrogens is 310 g/mol. The van der Waals surface area contributed by atoms with E-state index in [4.69, 9.17) is 4.74 Å². The van der Waals surface area contributed by atoms with Crippen LogP contribution in [-0.4, -0.2) is 52.3 Å². The lowest BCUT2D eigenvalue weighted by molar-refractivity contribution is -0.141. The van der Waals surface area contributed by atoms with Gasteiger partial charge in [-0.25, -0.2) is 4.79 Å². The monoisotopic (exact) mass is 329 g/mol. The zero-order chi connectivity index (χ0) is 17.1. The van der Waals surface area contributed by atoms with Crippen molar-refractivity contribution in [1.82, 2.24) is 15.1 Å². The highest BCUT2D eigenvalue weighted by Crippen LogP contribution is 2.30. The molecule has 0 spiro atoms. The summed E-state index contributed by atoms with van der Waals surface area (Å²) in [6.45, 7) is 1.02. The van der Waals surface area contributed by atoms with Gasteiger partial charge in [-0.2, -0.15) is 5.10 Å². The fourth-order valence-electron chi connectivity index (χ4n) is 3.15. The topological polar surface area (TPSA) is 95.5 Å². The van der Waals surface area contributed by atoms with Gasteiger partial charge in [0.1, 0.15) is 5.56 Å². The fraction of sp³-hybridized carbons (Fsp3) is 0.353. The third kappa shape index (κ3) is 3.03. The fourth-order valence-corrected chi connectivity index (χ4v) is 3.15. The summed E-state index contributed by atoms with van der Waals surface area (Å²) >= 11 is 0. The lowest BCUT2D eigenvalue weighted by Gasteiger charge is -2.23. The van der Waals surface area contributed by atoms with Gasteiger partial charge in [-0.05, 0) is 12.0 Å². The molecule has 2 heterocycles. The molecule has 7 heteroatoms. The number of benzene rings is 1. The highest BCUT2D eigenvalue weighted by atomic mass is 16.5. The molecule has 0 saturated carbocycles. The minimum absolute atomic E-state index is 0.0594.